The van der Waals surface area contributed by atoms with Crippen molar-refractivity contribution in [3.8, 4) is 0 Å². The third-order valence-corrected chi connectivity index (χ3v) is 10.8. The molecule has 0 aromatic carbocycles. The fraction of sp³-hybridized carbons (Fsp3) is 0.909. The Morgan fingerprint density at radius 3 is 1.41 bits per heavy atom. The van der Waals surface area contributed by atoms with Gasteiger partial charge in [0.25, 0.3) is 0 Å². The number of allylic oxidation sites excluding steroid dienone is 2. The zero-order valence-electron chi connectivity index (χ0n) is 36.0. The average molecular weight is 789 g/mol. The molecule has 54 heavy (non-hydrogen) atoms. The van der Waals surface area contributed by atoms with Crippen molar-refractivity contribution < 1.29 is 42.1 Å². The van der Waals surface area contributed by atoms with E-state index >= 15 is 0 Å². The lowest BCUT2D eigenvalue weighted by molar-refractivity contribution is -0.870. The zero-order chi connectivity index (χ0) is 40.0. The highest BCUT2D eigenvalue weighted by Gasteiger charge is 2.27. The number of carbonyl (C=O) groups excluding carboxylic acids is 2. The molecule has 0 aromatic rings. The van der Waals surface area contributed by atoms with Crippen molar-refractivity contribution in [2.75, 3.05) is 47.5 Å². The summed E-state index contributed by atoms with van der Waals surface area (Å²) in [5, 5.41) is 0. The maximum Gasteiger partial charge on any atom is 0.472 e. The second-order valence-electron chi connectivity index (χ2n) is 16.4. The van der Waals surface area contributed by atoms with Crippen molar-refractivity contribution in [2.24, 2.45) is 0 Å². The average Bonchev–Trinajstić information content (AvgIpc) is 3.12. The van der Waals surface area contributed by atoms with E-state index in [-0.39, 0.29) is 25.6 Å². The number of nitrogens with zero attached hydrogens (tertiary/aromatic N) is 1. The van der Waals surface area contributed by atoms with E-state index in [0.29, 0.717) is 23.9 Å². The van der Waals surface area contributed by atoms with Crippen LogP contribution in [0.25, 0.3) is 0 Å². The van der Waals surface area contributed by atoms with Crippen molar-refractivity contribution in [1.82, 2.24) is 0 Å². The molecule has 9 nitrogen and oxygen atoms in total. The van der Waals surface area contributed by atoms with Gasteiger partial charge >= 0.3 is 19.8 Å². The highest BCUT2D eigenvalue weighted by Crippen LogP contribution is 2.43. The van der Waals surface area contributed by atoms with E-state index in [9.17, 15) is 19.0 Å². The molecular weight excluding hydrogens is 701 g/mol. The molecule has 1 N–H and O–H groups in total. The molecule has 0 radical (unpaired) electrons. The first-order chi connectivity index (χ1) is 26.0. The summed E-state index contributed by atoms with van der Waals surface area (Å²) in [5.41, 5.74) is 0. The molecular formula is C44H87NO8P+. The second-order valence-corrected chi connectivity index (χ2v) is 17.9. The number of hydrogen-bond donors (Lipinski definition) is 1. The fourth-order valence-electron chi connectivity index (χ4n) is 6.24. The quantitative estimate of drug-likeness (QED) is 0.0214. The molecule has 2 atom stereocenters. The van der Waals surface area contributed by atoms with E-state index in [1.807, 2.05) is 21.1 Å². The summed E-state index contributed by atoms with van der Waals surface area (Å²) in [6.45, 7) is 4.41. The zero-order valence-corrected chi connectivity index (χ0v) is 36.9. The molecule has 0 rings (SSSR count). The van der Waals surface area contributed by atoms with Crippen molar-refractivity contribution in [3.63, 3.8) is 0 Å². The predicted molar refractivity (Wildman–Crippen MR) is 224 cm³/mol. The number of rotatable bonds is 41. The van der Waals surface area contributed by atoms with Gasteiger partial charge in [0, 0.05) is 12.8 Å². The molecule has 0 bridgehead atoms. The number of unbranched alkanes of at least 4 members (excludes halogenated alkanes) is 25. The molecule has 0 saturated carbocycles. The topological polar surface area (TPSA) is 108 Å². The third kappa shape index (κ3) is 40.4. The highest BCUT2D eigenvalue weighted by molar-refractivity contribution is 7.47. The van der Waals surface area contributed by atoms with Gasteiger partial charge in [-0.05, 0) is 38.5 Å². The lowest BCUT2D eigenvalue weighted by atomic mass is 10.0. The lowest BCUT2D eigenvalue weighted by Crippen LogP contribution is -2.37. The Labute approximate surface area is 333 Å². The van der Waals surface area contributed by atoms with Gasteiger partial charge in [-0.15, -0.1) is 0 Å². The normalized spacial score (nSPS) is 13.7. The van der Waals surface area contributed by atoms with Crippen LogP contribution in [0.15, 0.2) is 12.2 Å². The molecule has 0 aliphatic rings. The Bertz CT molecular complexity index is 938. The van der Waals surface area contributed by atoms with Crippen LogP contribution in [0.3, 0.4) is 0 Å². The number of phosphoric ester groups is 1. The Morgan fingerprint density at radius 1 is 0.556 bits per heavy atom. The number of hydrogen-bond acceptors (Lipinski definition) is 7. The molecule has 0 spiro atoms. The Balaban J connectivity index is 4.28. The van der Waals surface area contributed by atoms with Crippen LogP contribution < -0.4 is 0 Å². The summed E-state index contributed by atoms with van der Waals surface area (Å²) < 4.78 is 34.3. The van der Waals surface area contributed by atoms with Gasteiger partial charge in [-0.3, -0.25) is 18.6 Å². The van der Waals surface area contributed by atoms with Crippen LogP contribution in [0, 0.1) is 0 Å². The summed E-state index contributed by atoms with van der Waals surface area (Å²) in [5.74, 6) is -0.799. The molecule has 0 aliphatic heterocycles. The molecule has 0 aliphatic carbocycles. The number of phosphoric acid groups is 1. The summed E-state index contributed by atoms with van der Waals surface area (Å²) in [7, 11) is 1.48. The van der Waals surface area contributed by atoms with Gasteiger partial charge in [0.15, 0.2) is 6.10 Å². The van der Waals surface area contributed by atoms with Gasteiger partial charge < -0.3 is 18.9 Å². The van der Waals surface area contributed by atoms with Gasteiger partial charge in [-0.1, -0.05) is 167 Å². The molecule has 0 heterocycles. The van der Waals surface area contributed by atoms with Crippen LogP contribution in [0.1, 0.15) is 206 Å². The highest BCUT2D eigenvalue weighted by atomic mass is 31.2. The summed E-state index contributed by atoms with van der Waals surface area (Å²) >= 11 is 0. The van der Waals surface area contributed by atoms with Crippen molar-refractivity contribution in [1.29, 1.82) is 0 Å². The SMILES string of the molecule is CCCCC/C=C\CCCCCCCC(=O)O[C@H](COC(=O)CCCCCCCCCCCCCCCCCCCC)COP(=O)(O)OCC[N+](C)(C)C. The van der Waals surface area contributed by atoms with Crippen molar-refractivity contribution in [3.05, 3.63) is 12.2 Å². The van der Waals surface area contributed by atoms with Crippen LogP contribution in [0.2, 0.25) is 0 Å². The first-order valence-electron chi connectivity index (χ1n) is 22.4. The minimum Gasteiger partial charge on any atom is -0.462 e. The van der Waals surface area contributed by atoms with Crippen molar-refractivity contribution >= 4 is 19.8 Å². The minimum absolute atomic E-state index is 0.0331. The predicted octanol–water partition coefficient (Wildman–Crippen LogP) is 12.6. The third-order valence-electron chi connectivity index (χ3n) is 9.80. The van der Waals surface area contributed by atoms with Crippen LogP contribution in [0.5, 0.6) is 0 Å². The number of likely N-dealkylation sites (N-methyl/N-ethyl adjacent to an activating group) is 1. The van der Waals surface area contributed by atoms with E-state index in [2.05, 4.69) is 26.0 Å². The van der Waals surface area contributed by atoms with Gasteiger partial charge in [0.05, 0.1) is 27.7 Å². The monoisotopic (exact) mass is 789 g/mol. The summed E-state index contributed by atoms with van der Waals surface area (Å²) in [6.07, 6.45) is 38.3. The van der Waals surface area contributed by atoms with Crippen molar-refractivity contribution in [2.45, 2.75) is 213 Å². The van der Waals surface area contributed by atoms with Gasteiger partial charge in [-0.2, -0.15) is 0 Å². The lowest BCUT2D eigenvalue weighted by Gasteiger charge is -2.24. The van der Waals surface area contributed by atoms with Crippen LogP contribution in [-0.2, 0) is 32.7 Å². The first-order valence-corrected chi connectivity index (χ1v) is 23.9. The molecule has 320 valence electrons. The Hall–Kier alpha value is -1.25. The second kappa shape index (κ2) is 37.3. The molecule has 0 fully saturated rings. The molecule has 0 amide bonds. The fourth-order valence-corrected chi connectivity index (χ4v) is 6.99. The van der Waals surface area contributed by atoms with Gasteiger partial charge in [-0.25, -0.2) is 4.57 Å². The minimum atomic E-state index is -4.37. The smallest absolute Gasteiger partial charge is 0.462 e. The summed E-state index contributed by atoms with van der Waals surface area (Å²) in [4.78, 5) is 35.3. The molecule has 1 unspecified atom stereocenters. The van der Waals surface area contributed by atoms with E-state index in [0.717, 1.165) is 51.4 Å². The summed E-state index contributed by atoms with van der Waals surface area (Å²) in [6, 6.07) is 0. The maximum absolute atomic E-state index is 12.6. The van der Waals surface area contributed by atoms with E-state index < -0.39 is 26.5 Å². The Kier molecular flexibility index (Phi) is 36.5. The first kappa shape index (κ1) is 52.8. The number of esters is 2. The van der Waals surface area contributed by atoms with E-state index in [1.54, 1.807) is 0 Å². The van der Waals surface area contributed by atoms with Crippen LogP contribution >= 0.6 is 7.82 Å². The maximum atomic E-state index is 12.6. The van der Waals surface area contributed by atoms with Crippen LogP contribution in [0.4, 0.5) is 0 Å². The largest absolute Gasteiger partial charge is 0.472 e. The van der Waals surface area contributed by atoms with Gasteiger partial charge in [0.1, 0.15) is 19.8 Å². The molecule has 10 heteroatoms. The van der Waals surface area contributed by atoms with E-state index in [4.69, 9.17) is 18.5 Å². The number of ether oxygens (including phenoxy) is 2. The molecule has 0 saturated heterocycles. The van der Waals surface area contributed by atoms with Gasteiger partial charge in [0.2, 0.25) is 0 Å². The standard InChI is InChI=1S/C44H86NO8P/c1-6-8-10-12-14-16-18-20-21-22-23-24-25-27-28-30-32-34-36-43(46)50-40-42(41-52-54(48,49)51-39-38-45(3,4)5)53-44(47)37-35-33-31-29-26-19-17-15-13-11-9-7-2/h15,17,42H,6-14,16,18-41H2,1-5H3/p+1/b17-15-/t42-/m1/s1. The number of quaternary nitrogens is 1. The Morgan fingerprint density at radius 2 is 0.944 bits per heavy atom. The van der Waals surface area contributed by atoms with E-state index in [1.165, 1.54) is 122 Å². The molecule has 0 aromatic heterocycles. The number of carbonyl (C=O) groups is 2. The van der Waals surface area contributed by atoms with Crippen LogP contribution in [-0.4, -0.2) is 74.9 Å².